The summed E-state index contributed by atoms with van der Waals surface area (Å²) >= 11 is 0. The number of hydrogen-bond donors (Lipinski definition) is 3. The first kappa shape index (κ1) is 13.3. The number of aliphatic hydroxyl groups is 1. The fraction of sp³-hybridized carbons (Fsp3) is 0.417. The van der Waals surface area contributed by atoms with Gasteiger partial charge in [-0.05, 0) is 25.5 Å². The van der Waals surface area contributed by atoms with E-state index in [1.54, 1.807) is 18.2 Å². The second-order valence-electron chi connectivity index (χ2n) is 3.76. The Labute approximate surface area is 101 Å². The maximum Gasteiger partial charge on any atom is 0.250 e. The number of carbonyl (C=O) groups excluding carboxylic acids is 1. The Morgan fingerprint density at radius 2 is 2.18 bits per heavy atom. The van der Waals surface area contributed by atoms with Crippen molar-refractivity contribution in [2.75, 3.05) is 30.3 Å². The van der Waals surface area contributed by atoms with Crippen molar-refractivity contribution in [2.24, 2.45) is 5.73 Å². The molecule has 1 aromatic rings. The number of rotatable bonds is 6. The molecule has 0 saturated carbocycles. The highest BCUT2D eigenvalue weighted by atomic mass is 16.3. The zero-order chi connectivity index (χ0) is 12.8. The lowest BCUT2D eigenvalue weighted by Crippen LogP contribution is -2.28. The van der Waals surface area contributed by atoms with Crippen LogP contribution in [0.4, 0.5) is 11.4 Å². The van der Waals surface area contributed by atoms with E-state index in [0.29, 0.717) is 36.4 Å². The molecule has 0 aliphatic rings. The van der Waals surface area contributed by atoms with Crippen LogP contribution >= 0.6 is 0 Å². The predicted octanol–water partition coefficient (Wildman–Crippen LogP) is 0.576. The molecule has 1 aromatic carbocycles. The minimum Gasteiger partial charge on any atom is -0.397 e. The Kier molecular flexibility index (Phi) is 4.78. The minimum atomic E-state index is -0.491. The molecular formula is C12H19N3O2. The first-order valence-electron chi connectivity index (χ1n) is 5.65. The number of aliphatic hydroxyl groups excluding tert-OH is 1. The van der Waals surface area contributed by atoms with Crippen molar-refractivity contribution in [3.63, 3.8) is 0 Å². The van der Waals surface area contributed by atoms with Crippen molar-refractivity contribution in [3.05, 3.63) is 23.8 Å². The van der Waals surface area contributed by atoms with Crippen LogP contribution < -0.4 is 16.4 Å². The number of nitrogens with two attached hydrogens (primary N) is 2. The van der Waals surface area contributed by atoms with Gasteiger partial charge in [0, 0.05) is 19.7 Å². The van der Waals surface area contributed by atoms with Crippen LogP contribution in [0.3, 0.4) is 0 Å². The quantitative estimate of drug-likeness (QED) is 0.631. The van der Waals surface area contributed by atoms with E-state index >= 15 is 0 Å². The number of hydrogen-bond acceptors (Lipinski definition) is 4. The van der Waals surface area contributed by atoms with Gasteiger partial charge in [-0.15, -0.1) is 0 Å². The summed E-state index contributed by atoms with van der Waals surface area (Å²) in [6.45, 7) is 3.42. The average Bonchev–Trinajstić information content (AvgIpc) is 2.31. The lowest BCUT2D eigenvalue weighted by Gasteiger charge is -2.26. The fourth-order valence-corrected chi connectivity index (χ4v) is 1.80. The SMILES string of the molecule is CCN(CCCO)c1c(N)cccc1C(N)=O. The summed E-state index contributed by atoms with van der Waals surface area (Å²) in [5.41, 5.74) is 12.8. The van der Waals surface area contributed by atoms with Crippen molar-refractivity contribution in [1.29, 1.82) is 0 Å². The number of primary amides is 1. The minimum absolute atomic E-state index is 0.106. The normalized spacial score (nSPS) is 10.2. The Morgan fingerprint density at radius 1 is 1.47 bits per heavy atom. The lowest BCUT2D eigenvalue weighted by molar-refractivity contribution is 0.100. The van der Waals surface area contributed by atoms with Crippen molar-refractivity contribution in [3.8, 4) is 0 Å². The van der Waals surface area contributed by atoms with Gasteiger partial charge in [0.15, 0.2) is 0 Å². The largest absolute Gasteiger partial charge is 0.397 e. The van der Waals surface area contributed by atoms with Crippen LogP contribution in [-0.4, -0.2) is 30.7 Å². The average molecular weight is 237 g/mol. The summed E-state index contributed by atoms with van der Waals surface area (Å²) < 4.78 is 0. The molecule has 5 N–H and O–H groups in total. The molecule has 0 atom stereocenters. The Balaban J connectivity index is 3.11. The molecule has 0 aromatic heterocycles. The van der Waals surface area contributed by atoms with E-state index in [-0.39, 0.29) is 6.61 Å². The molecule has 1 rings (SSSR count). The van der Waals surface area contributed by atoms with Gasteiger partial charge in [0.1, 0.15) is 0 Å². The van der Waals surface area contributed by atoms with E-state index in [4.69, 9.17) is 16.6 Å². The highest BCUT2D eigenvalue weighted by Gasteiger charge is 2.16. The molecule has 1 amide bonds. The van der Waals surface area contributed by atoms with Gasteiger partial charge in [0.25, 0.3) is 5.91 Å². The number of nitrogens with zero attached hydrogens (tertiary/aromatic N) is 1. The number of benzene rings is 1. The van der Waals surface area contributed by atoms with Crippen molar-refractivity contribution in [1.82, 2.24) is 0 Å². The summed E-state index contributed by atoms with van der Waals surface area (Å²) in [7, 11) is 0. The van der Waals surface area contributed by atoms with Crippen LogP contribution in [0, 0.1) is 0 Å². The third-order valence-corrected chi connectivity index (χ3v) is 2.62. The van der Waals surface area contributed by atoms with Gasteiger partial charge in [-0.1, -0.05) is 6.07 Å². The van der Waals surface area contributed by atoms with Gasteiger partial charge >= 0.3 is 0 Å². The van der Waals surface area contributed by atoms with Gasteiger partial charge in [0.05, 0.1) is 16.9 Å². The van der Waals surface area contributed by atoms with E-state index in [1.807, 2.05) is 11.8 Å². The van der Waals surface area contributed by atoms with Crippen molar-refractivity contribution in [2.45, 2.75) is 13.3 Å². The molecule has 0 spiro atoms. The molecule has 0 bridgehead atoms. The van der Waals surface area contributed by atoms with E-state index in [0.717, 1.165) is 0 Å². The Hall–Kier alpha value is -1.75. The molecule has 0 heterocycles. The van der Waals surface area contributed by atoms with Crippen LogP contribution in [0.5, 0.6) is 0 Å². The van der Waals surface area contributed by atoms with Crippen molar-refractivity contribution >= 4 is 17.3 Å². The van der Waals surface area contributed by atoms with Gasteiger partial charge in [-0.2, -0.15) is 0 Å². The molecule has 17 heavy (non-hydrogen) atoms. The summed E-state index contributed by atoms with van der Waals surface area (Å²) in [5, 5.41) is 8.86. The van der Waals surface area contributed by atoms with Crippen molar-refractivity contribution < 1.29 is 9.90 Å². The van der Waals surface area contributed by atoms with E-state index in [9.17, 15) is 4.79 Å². The third kappa shape index (κ3) is 3.10. The van der Waals surface area contributed by atoms with E-state index in [1.165, 1.54) is 0 Å². The van der Waals surface area contributed by atoms with Crippen LogP contribution in [-0.2, 0) is 0 Å². The first-order valence-corrected chi connectivity index (χ1v) is 5.65. The summed E-state index contributed by atoms with van der Waals surface area (Å²) in [5.74, 6) is -0.491. The summed E-state index contributed by atoms with van der Waals surface area (Å²) in [6.07, 6.45) is 0.625. The monoisotopic (exact) mass is 237 g/mol. The molecule has 0 fully saturated rings. The standard InChI is InChI=1S/C12H19N3O2/c1-2-15(7-4-8-16)11-9(12(14)17)5-3-6-10(11)13/h3,5-6,16H,2,4,7-8,13H2,1H3,(H2,14,17). The topological polar surface area (TPSA) is 92.6 Å². The van der Waals surface area contributed by atoms with Crippen LogP contribution in [0.25, 0.3) is 0 Å². The van der Waals surface area contributed by atoms with Gasteiger partial charge in [-0.25, -0.2) is 0 Å². The number of nitrogen functional groups attached to an aromatic ring is 1. The molecular weight excluding hydrogens is 218 g/mol. The van der Waals surface area contributed by atoms with Crippen LogP contribution in [0.1, 0.15) is 23.7 Å². The first-order chi connectivity index (χ1) is 8.11. The molecule has 0 saturated heterocycles. The fourth-order valence-electron chi connectivity index (χ4n) is 1.80. The van der Waals surface area contributed by atoms with Gasteiger partial charge in [-0.3, -0.25) is 4.79 Å². The van der Waals surface area contributed by atoms with Gasteiger partial charge in [0.2, 0.25) is 0 Å². The maximum atomic E-state index is 11.4. The molecule has 94 valence electrons. The zero-order valence-corrected chi connectivity index (χ0v) is 10.0. The number of amides is 1. The third-order valence-electron chi connectivity index (χ3n) is 2.62. The predicted molar refractivity (Wildman–Crippen MR) is 69.0 cm³/mol. The smallest absolute Gasteiger partial charge is 0.250 e. The maximum absolute atomic E-state index is 11.4. The molecule has 5 nitrogen and oxygen atoms in total. The van der Waals surface area contributed by atoms with Crippen LogP contribution in [0.15, 0.2) is 18.2 Å². The van der Waals surface area contributed by atoms with Gasteiger partial charge < -0.3 is 21.5 Å². The molecule has 0 aliphatic heterocycles. The molecule has 0 aliphatic carbocycles. The second-order valence-corrected chi connectivity index (χ2v) is 3.76. The summed E-state index contributed by atoms with van der Waals surface area (Å²) in [4.78, 5) is 13.3. The Morgan fingerprint density at radius 3 is 2.71 bits per heavy atom. The highest BCUT2D eigenvalue weighted by molar-refractivity contribution is 6.01. The molecule has 0 radical (unpaired) electrons. The summed E-state index contributed by atoms with van der Waals surface area (Å²) in [6, 6.07) is 5.11. The second kappa shape index (κ2) is 6.10. The lowest BCUT2D eigenvalue weighted by atomic mass is 10.1. The number of carbonyl (C=O) groups is 1. The molecule has 5 heteroatoms. The van der Waals surface area contributed by atoms with Crippen LogP contribution in [0.2, 0.25) is 0 Å². The van der Waals surface area contributed by atoms with E-state index < -0.39 is 5.91 Å². The Bertz CT molecular complexity index is 393. The zero-order valence-electron chi connectivity index (χ0n) is 10.0. The number of anilines is 2. The van der Waals surface area contributed by atoms with E-state index in [2.05, 4.69) is 0 Å². The number of para-hydroxylation sites is 1. The molecule has 0 unspecified atom stereocenters. The highest BCUT2D eigenvalue weighted by Crippen LogP contribution is 2.27.